The number of alkyl halides is 1. The van der Waals surface area contributed by atoms with Gasteiger partial charge in [-0.25, -0.2) is 0 Å². The zero-order chi connectivity index (χ0) is 5.15. The first-order valence-electron chi connectivity index (χ1n) is 1.63. The first-order chi connectivity index (χ1) is 2.64. The van der Waals surface area contributed by atoms with Crippen molar-refractivity contribution in [3.63, 3.8) is 0 Å². The molecule has 0 amide bonds. The van der Waals surface area contributed by atoms with Gasteiger partial charge in [0.1, 0.15) is 4.83 Å². The molecule has 0 fully saturated rings. The first-order valence-corrected chi connectivity index (χ1v) is 2.58. The van der Waals surface area contributed by atoms with Crippen LogP contribution >= 0.6 is 24.2 Å². The van der Waals surface area contributed by atoms with E-state index in [2.05, 4.69) is 12.6 Å². The minimum absolute atomic E-state index is 0.148. The van der Waals surface area contributed by atoms with Gasteiger partial charge in [0.05, 0.1) is 0 Å². The van der Waals surface area contributed by atoms with Gasteiger partial charge in [0.15, 0.2) is 0 Å². The van der Waals surface area contributed by atoms with Crippen LogP contribution in [0.15, 0.2) is 0 Å². The highest BCUT2D eigenvalue weighted by Gasteiger charge is 1.94. The molecule has 0 radical (unpaired) electrons. The summed E-state index contributed by atoms with van der Waals surface area (Å²) in [6.07, 6.45) is 0. The van der Waals surface area contributed by atoms with E-state index in [1.807, 2.05) is 14.1 Å². The largest absolute Gasteiger partial charge is 0.285 e. The van der Waals surface area contributed by atoms with Gasteiger partial charge in [0.2, 0.25) is 0 Å². The maximum absolute atomic E-state index is 5.40. The molecule has 0 aliphatic heterocycles. The Labute approximate surface area is 48.7 Å². The van der Waals surface area contributed by atoms with Crippen LogP contribution in [-0.4, -0.2) is 23.8 Å². The summed E-state index contributed by atoms with van der Waals surface area (Å²) < 4.78 is 0. The fraction of sp³-hybridized carbons (Fsp3) is 1.00. The molecule has 0 saturated carbocycles. The lowest BCUT2D eigenvalue weighted by molar-refractivity contribution is 0.456. The Morgan fingerprint density at radius 2 is 1.83 bits per heavy atom. The van der Waals surface area contributed by atoms with Gasteiger partial charge in [0, 0.05) is 0 Å². The normalized spacial score (nSPS) is 15.5. The highest BCUT2D eigenvalue weighted by atomic mass is 35.5. The topological polar surface area (TPSA) is 3.24 Å². The highest BCUT2D eigenvalue weighted by molar-refractivity contribution is 7.82. The summed E-state index contributed by atoms with van der Waals surface area (Å²) in [5.41, 5.74) is 0. The SMILES string of the molecule is CN(C)C(S)Cl. The lowest BCUT2D eigenvalue weighted by Gasteiger charge is -2.08. The molecule has 0 aromatic carbocycles. The molecule has 0 rings (SSSR count). The first kappa shape index (κ1) is 6.60. The van der Waals surface area contributed by atoms with Gasteiger partial charge < -0.3 is 0 Å². The molecule has 1 nitrogen and oxygen atoms in total. The van der Waals surface area contributed by atoms with E-state index in [4.69, 9.17) is 11.6 Å². The second kappa shape index (κ2) is 2.72. The molecule has 38 valence electrons. The van der Waals surface area contributed by atoms with Crippen LogP contribution in [0.1, 0.15) is 0 Å². The molecule has 6 heavy (non-hydrogen) atoms. The summed E-state index contributed by atoms with van der Waals surface area (Å²) in [4.78, 5) is 1.65. The van der Waals surface area contributed by atoms with E-state index in [-0.39, 0.29) is 4.83 Å². The van der Waals surface area contributed by atoms with Gasteiger partial charge >= 0.3 is 0 Å². The summed E-state index contributed by atoms with van der Waals surface area (Å²) in [5.74, 6) is 0. The van der Waals surface area contributed by atoms with Crippen molar-refractivity contribution in [1.82, 2.24) is 4.90 Å². The Kier molecular flexibility index (Phi) is 2.99. The molecule has 3 heteroatoms. The van der Waals surface area contributed by atoms with Crippen molar-refractivity contribution in [2.45, 2.75) is 4.83 Å². The fourth-order valence-electron chi connectivity index (χ4n) is 0. The van der Waals surface area contributed by atoms with E-state index in [1.54, 1.807) is 4.90 Å². The lowest BCUT2D eigenvalue weighted by atomic mass is 11.0. The van der Waals surface area contributed by atoms with Crippen LogP contribution in [0.5, 0.6) is 0 Å². The van der Waals surface area contributed by atoms with Crippen LogP contribution in [0.2, 0.25) is 0 Å². The van der Waals surface area contributed by atoms with Crippen LogP contribution in [0, 0.1) is 0 Å². The molecule has 0 saturated heterocycles. The van der Waals surface area contributed by atoms with E-state index >= 15 is 0 Å². The molecule has 0 heterocycles. The maximum Gasteiger partial charge on any atom is 0.128 e. The van der Waals surface area contributed by atoms with Crippen LogP contribution in [0.25, 0.3) is 0 Å². The van der Waals surface area contributed by atoms with Crippen molar-refractivity contribution in [1.29, 1.82) is 0 Å². The number of rotatable bonds is 1. The third-order valence-electron chi connectivity index (χ3n) is 0.426. The molecule has 0 aromatic rings. The monoisotopic (exact) mass is 125 g/mol. The van der Waals surface area contributed by atoms with Crippen molar-refractivity contribution < 1.29 is 0 Å². The molecule has 0 N–H and O–H groups in total. The third kappa shape index (κ3) is 2.82. The van der Waals surface area contributed by atoms with E-state index < -0.39 is 0 Å². The quantitative estimate of drug-likeness (QED) is 0.237. The average molecular weight is 126 g/mol. The number of hydrogen-bond acceptors (Lipinski definition) is 2. The molecule has 0 aliphatic carbocycles. The Morgan fingerprint density at radius 3 is 1.83 bits per heavy atom. The van der Waals surface area contributed by atoms with Crippen LogP contribution in [0.3, 0.4) is 0 Å². The molecule has 0 spiro atoms. The van der Waals surface area contributed by atoms with Gasteiger partial charge in [0.25, 0.3) is 0 Å². The fourth-order valence-corrected chi connectivity index (χ4v) is 0. The zero-order valence-electron chi connectivity index (χ0n) is 3.85. The molecule has 1 atom stereocenters. The van der Waals surface area contributed by atoms with E-state index in [0.29, 0.717) is 0 Å². The smallest absolute Gasteiger partial charge is 0.128 e. The van der Waals surface area contributed by atoms with Crippen LogP contribution in [-0.2, 0) is 0 Å². The average Bonchev–Trinajstić information content (AvgIpc) is 1.36. The van der Waals surface area contributed by atoms with Crippen molar-refractivity contribution in [2.24, 2.45) is 0 Å². The van der Waals surface area contributed by atoms with Crippen molar-refractivity contribution >= 4 is 24.2 Å². The minimum atomic E-state index is -0.148. The molecule has 0 aliphatic rings. The number of hydrogen-bond donors (Lipinski definition) is 1. The van der Waals surface area contributed by atoms with Gasteiger partial charge in [-0.2, -0.15) is 0 Å². The van der Waals surface area contributed by atoms with E-state index in [9.17, 15) is 0 Å². The summed E-state index contributed by atoms with van der Waals surface area (Å²) in [6.45, 7) is 0. The second-order valence-corrected chi connectivity index (χ2v) is 2.48. The second-order valence-electron chi connectivity index (χ2n) is 1.27. The van der Waals surface area contributed by atoms with E-state index in [0.717, 1.165) is 0 Å². The molecule has 0 bridgehead atoms. The lowest BCUT2D eigenvalue weighted by Crippen LogP contribution is -2.15. The van der Waals surface area contributed by atoms with Gasteiger partial charge in [-0.1, -0.05) is 11.6 Å². The molecule has 0 aromatic heterocycles. The number of thiol groups is 1. The summed E-state index contributed by atoms with van der Waals surface area (Å²) in [5, 5.41) is 0. The Bertz CT molecular complexity index is 31.8. The maximum atomic E-state index is 5.40. The zero-order valence-corrected chi connectivity index (χ0v) is 5.50. The van der Waals surface area contributed by atoms with Crippen LogP contribution in [0.4, 0.5) is 0 Å². The van der Waals surface area contributed by atoms with Gasteiger partial charge in [-0.05, 0) is 14.1 Å². The Balaban J connectivity index is 2.99. The Morgan fingerprint density at radius 1 is 1.67 bits per heavy atom. The number of halogens is 1. The predicted molar refractivity (Wildman–Crippen MR) is 32.3 cm³/mol. The van der Waals surface area contributed by atoms with E-state index in [1.165, 1.54) is 0 Å². The van der Waals surface area contributed by atoms with Crippen molar-refractivity contribution in [3.05, 3.63) is 0 Å². The summed E-state index contributed by atoms with van der Waals surface area (Å²) in [7, 11) is 3.73. The van der Waals surface area contributed by atoms with Crippen LogP contribution < -0.4 is 0 Å². The molecular formula is C3H8ClNS. The Hall–Kier alpha value is 0.600. The predicted octanol–water partition coefficient (Wildman–Crippen LogP) is 1.00. The molecule has 1 unspecified atom stereocenters. The third-order valence-corrected chi connectivity index (χ3v) is 1.28. The minimum Gasteiger partial charge on any atom is -0.285 e. The standard InChI is InChI=1S/C3H8ClNS/c1-5(2)3(4)6/h3,6H,1-2H3. The summed E-state index contributed by atoms with van der Waals surface area (Å²) in [6, 6.07) is 0. The summed E-state index contributed by atoms with van der Waals surface area (Å²) >= 11 is 9.29. The van der Waals surface area contributed by atoms with Crippen molar-refractivity contribution in [2.75, 3.05) is 14.1 Å². The van der Waals surface area contributed by atoms with Gasteiger partial charge in [-0.3, -0.25) is 4.90 Å². The van der Waals surface area contributed by atoms with Gasteiger partial charge in [-0.15, -0.1) is 12.6 Å². The highest BCUT2D eigenvalue weighted by Crippen LogP contribution is 2.00. The van der Waals surface area contributed by atoms with Crippen molar-refractivity contribution in [3.8, 4) is 0 Å². The number of nitrogens with zero attached hydrogens (tertiary/aromatic N) is 1. The molecular weight excluding hydrogens is 118 g/mol.